The summed E-state index contributed by atoms with van der Waals surface area (Å²) in [4.78, 5) is 22.2. The fourth-order valence-corrected chi connectivity index (χ4v) is 2.92. The maximum atomic E-state index is 12.8. The number of benzene rings is 1. The Morgan fingerprint density at radius 1 is 1.27 bits per heavy atom. The molecule has 0 saturated carbocycles. The molecular weight excluding hydrogens is 330 g/mol. The minimum atomic E-state index is -0.212. The highest BCUT2D eigenvalue weighted by atomic mass is 16.5. The third kappa shape index (κ3) is 3.48. The molecule has 3 aromatic rings. The topological polar surface area (TPSA) is 95.1 Å². The van der Waals surface area contributed by atoms with E-state index < -0.39 is 0 Å². The standard InChI is InChI=1S/C19H25N5O2/c1-12(2)11-21-19(25)15-16-18(24(17(15)20)9-6-10-26-3)23-14-8-5-4-7-13(14)22-16/h4-5,7-8,12H,6,9-11,20H2,1-3H3,(H,21,25). The summed E-state index contributed by atoms with van der Waals surface area (Å²) in [6.07, 6.45) is 0.770. The molecule has 2 aromatic heterocycles. The first-order chi connectivity index (χ1) is 12.5. The summed E-state index contributed by atoms with van der Waals surface area (Å²) in [6.45, 7) is 5.89. The van der Waals surface area contributed by atoms with Crippen molar-refractivity contribution in [1.29, 1.82) is 0 Å². The number of ether oxygens (including phenoxy) is 1. The van der Waals surface area contributed by atoms with Crippen LogP contribution in [-0.4, -0.2) is 40.7 Å². The molecule has 0 saturated heterocycles. The van der Waals surface area contributed by atoms with Crippen LogP contribution in [0.2, 0.25) is 0 Å². The molecule has 0 bridgehead atoms. The molecule has 0 aliphatic carbocycles. The summed E-state index contributed by atoms with van der Waals surface area (Å²) in [7, 11) is 1.66. The monoisotopic (exact) mass is 355 g/mol. The van der Waals surface area contributed by atoms with Crippen LogP contribution < -0.4 is 11.1 Å². The number of para-hydroxylation sites is 2. The van der Waals surface area contributed by atoms with Crippen molar-refractivity contribution in [2.45, 2.75) is 26.8 Å². The van der Waals surface area contributed by atoms with Gasteiger partial charge in [-0.05, 0) is 24.5 Å². The van der Waals surface area contributed by atoms with E-state index in [0.717, 1.165) is 17.5 Å². The van der Waals surface area contributed by atoms with Crippen LogP contribution in [0.1, 0.15) is 30.6 Å². The highest BCUT2D eigenvalue weighted by Crippen LogP contribution is 2.28. The number of aromatic nitrogens is 3. The van der Waals surface area contributed by atoms with E-state index in [1.165, 1.54) is 0 Å². The first kappa shape index (κ1) is 18.1. The van der Waals surface area contributed by atoms with E-state index in [1.807, 2.05) is 42.7 Å². The minimum absolute atomic E-state index is 0.212. The molecule has 3 N–H and O–H groups in total. The van der Waals surface area contributed by atoms with Crippen LogP contribution in [0.3, 0.4) is 0 Å². The first-order valence-corrected chi connectivity index (χ1v) is 8.84. The van der Waals surface area contributed by atoms with Gasteiger partial charge in [0, 0.05) is 26.8 Å². The van der Waals surface area contributed by atoms with Crippen molar-refractivity contribution in [2.75, 3.05) is 26.0 Å². The molecule has 0 aliphatic heterocycles. The van der Waals surface area contributed by atoms with Crippen molar-refractivity contribution in [3.05, 3.63) is 29.8 Å². The zero-order chi connectivity index (χ0) is 18.7. The number of rotatable bonds is 7. The number of hydrogen-bond donors (Lipinski definition) is 2. The van der Waals surface area contributed by atoms with Crippen molar-refractivity contribution < 1.29 is 9.53 Å². The number of nitrogens with one attached hydrogen (secondary N) is 1. The maximum absolute atomic E-state index is 12.8. The number of nitrogens with zero attached hydrogens (tertiary/aromatic N) is 3. The molecule has 3 rings (SSSR count). The molecule has 0 fully saturated rings. The molecule has 7 heteroatoms. The molecule has 2 heterocycles. The number of anilines is 1. The summed E-state index contributed by atoms with van der Waals surface area (Å²) in [5, 5.41) is 2.94. The number of nitrogens with two attached hydrogens (primary N) is 1. The van der Waals surface area contributed by atoms with Crippen LogP contribution >= 0.6 is 0 Å². The lowest BCUT2D eigenvalue weighted by Gasteiger charge is -2.09. The lowest BCUT2D eigenvalue weighted by molar-refractivity contribution is 0.0951. The van der Waals surface area contributed by atoms with Crippen molar-refractivity contribution in [1.82, 2.24) is 19.9 Å². The third-order valence-electron chi connectivity index (χ3n) is 4.22. The van der Waals surface area contributed by atoms with Crippen LogP contribution in [0.4, 0.5) is 5.82 Å². The van der Waals surface area contributed by atoms with Crippen LogP contribution in [0, 0.1) is 5.92 Å². The highest BCUT2D eigenvalue weighted by molar-refractivity contribution is 6.10. The molecule has 0 aliphatic rings. The van der Waals surface area contributed by atoms with Crippen LogP contribution in [0.25, 0.3) is 22.2 Å². The minimum Gasteiger partial charge on any atom is -0.385 e. The Labute approximate surface area is 152 Å². The largest absolute Gasteiger partial charge is 0.385 e. The summed E-state index contributed by atoms with van der Waals surface area (Å²) < 4.78 is 6.99. The third-order valence-corrected chi connectivity index (χ3v) is 4.22. The average molecular weight is 355 g/mol. The Hall–Kier alpha value is -2.67. The van der Waals surface area contributed by atoms with Crippen LogP contribution in [0.15, 0.2) is 24.3 Å². The number of aryl methyl sites for hydroxylation is 1. The van der Waals surface area contributed by atoms with E-state index in [4.69, 9.17) is 15.5 Å². The zero-order valence-electron chi connectivity index (χ0n) is 15.5. The van der Waals surface area contributed by atoms with Crippen molar-refractivity contribution in [3.63, 3.8) is 0 Å². The van der Waals surface area contributed by atoms with Gasteiger partial charge in [-0.1, -0.05) is 26.0 Å². The van der Waals surface area contributed by atoms with E-state index in [2.05, 4.69) is 10.3 Å². The van der Waals surface area contributed by atoms with Gasteiger partial charge in [0.25, 0.3) is 5.91 Å². The van der Waals surface area contributed by atoms with E-state index in [-0.39, 0.29) is 5.91 Å². The van der Waals surface area contributed by atoms with E-state index in [9.17, 15) is 4.79 Å². The lowest BCUT2D eigenvalue weighted by atomic mass is 10.2. The molecule has 0 radical (unpaired) electrons. The molecule has 0 atom stereocenters. The summed E-state index contributed by atoms with van der Waals surface area (Å²) >= 11 is 0. The number of fused-ring (bicyclic) bond motifs is 2. The Morgan fingerprint density at radius 2 is 1.96 bits per heavy atom. The van der Waals surface area contributed by atoms with Gasteiger partial charge in [-0.25, -0.2) is 9.97 Å². The molecular formula is C19H25N5O2. The number of methoxy groups -OCH3 is 1. The molecule has 7 nitrogen and oxygen atoms in total. The van der Waals surface area contributed by atoms with E-state index >= 15 is 0 Å². The Balaban J connectivity index is 2.13. The number of carbonyl (C=O) groups is 1. The van der Waals surface area contributed by atoms with Gasteiger partial charge >= 0.3 is 0 Å². The van der Waals surface area contributed by atoms with Gasteiger partial charge in [0.05, 0.1) is 11.0 Å². The van der Waals surface area contributed by atoms with Gasteiger partial charge in [-0.15, -0.1) is 0 Å². The quantitative estimate of drug-likeness (QED) is 0.635. The molecule has 1 aromatic carbocycles. The van der Waals surface area contributed by atoms with Gasteiger partial charge < -0.3 is 20.4 Å². The van der Waals surface area contributed by atoms with Crippen LogP contribution in [0.5, 0.6) is 0 Å². The predicted octanol–water partition coefficient (Wildman–Crippen LogP) is 2.59. The second kappa shape index (κ2) is 7.70. The number of amides is 1. The van der Waals surface area contributed by atoms with Crippen molar-refractivity contribution in [3.8, 4) is 0 Å². The normalized spacial score (nSPS) is 11.5. The SMILES string of the molecule is COCCCn1c(N)c(C(=O)NCC(C)C)c2nc3ccccc3nc21. The van der Waals surface area contributed by atoms with E-state index in [1.54, 1.807) is 7.11 Å². The highest BCUT2D eigenvalue weighted by Gasteiger charge is 2.23. The molecule has 138 valence electrons. The smallest absolute Gasteiger partial charge is 0.257 e. The zero-order valence-corrected chi connectivity index (χ0v) is 15.5. The molecule has 1 amide bonds. The Bertz CT molecular complexity index is 932. The lowest BCUT2D eigenvalue weighted by Crippen LogP contribution is -2.28. The van der Waals surface area contributed by atoms with E-state index in [0.29, 0.717) is 48.2 Å². The van der Waals surface area contributed by atoms with Crippen LogP contribution in [-0.2, 0) is 11.3 Å². The Kier molecular flexibility index (Phi) is 5.37. The van der Waals surface area contributed by atoms with Gasteiger partial charge in [-0.3, -0.25) is 4.79 Å². The summed E-state index contributed by atoms with van der Waals surface area (Å²) in [5.41, 5.74) is 9.44. The summed E-state index contributed by atoms with van der Waals surface area (Å²) in [6, 6.07) is 7.61. The predicted molar refractivity (Wildman–Crippen MR) is 103 cm³/mol. The van der Waals surface area contributed by atoms with Gasteiger partial charge in [0.15, 0.2) is 5.65 Å². The van der Waals surface area contributed by atoms with Crippen molar-refractivity contribution >= 4 is 33.9 Å². The molecule has 26 heavy (non-hydrogen) atoms. The number of carbonyl (C=O) groups excluding carboxylic acids is 1. The number of hydrogen-bond acceptors (Lipinski definition) is 5. The second-order valence-corrected chi connectivity index (χ2v) is 6.75. The summed E-state index contributed by atoms with van der Waals surface area (Å²) in [5.74, 6) is 0.533. The van der Waals surface area contributed by atoms with Gasteiger partial charge in [0.1, 0.15) is 16.9 Å². The fraction of sp³-hybridized carbons (Fsp3) is 0.421. The first-order valence-electron chi connectivity index (χ1n) is 8.84. The molecule has 0 unspecified atom stereocenters. The van der Waals surface area contributed by atoms with Crippen molar-refractivity contribution in [2.24, 2.45) is 5.92 Å². The maximum Gasteiger partial charge on any atom is 0.257 e. The average Bonchev–Trinajstić information content (AvgIpc) is 2.89. The molecule has 0 spiro atoms. The fourth-order valence-electron chi connectivity index (χ4n) is 2.92. The number of nitrogen functional groups attached to an aromatic ring is 1. The van der Waals surface area contributed by atoms with Gasteiger partial charge in [0.2, 0.25) is 0 Å². The van der Waals surface area contributed by atoms with Gasteiger partial charge in [-0.2, -0.15) is 0 Å². The Morgan fingerprint density at radius 3 is 2.62 bits per heavy atom. The second-order valence-electron chi connectivity index (χ2n) is 6.75.